The van der Waals surface area contributed by atoms with Crippen molar-refractivity contribution >= 4 is 28.5 Å². The van der Waals surface area contributed by atoms with Gasteiger partial charge in [-0.15, -0.1) is 0 Å². The van der Waals surface area contributed by atoms with Gasteiger partial charge in [0, 0.05) is 23.2 Å². The molecule has 1 heterocycles. The highest BCUT2D eigenvalue weighted by Gasteiger charge is 2.21. The Kier molecular flexibility index (Phi) is 4.50. The van der Waals surface area contributed by atoms with Gasteiger partial charge in [-0.05, 0) is 47.7 Å². The first kappa shape index (κ1) is 13.7. The summed E-state index contributed by atoms with van der Waals surface area (Å²) in [7, 11) is 0. The fraction of sp³-hybridized carbons (Fsp3) is 0.417. The van der Waals surface area contributed by atoms with Gasteiger partial charge in [0.05, 0.1) is 5.56 Å². The first-order valence-electron chi connectivity index (χ1n) is 5.74. The molecule has 1 aliphatic heterocycles. The van der Waals surface area contributed by atoms with Gasteiger partial charge >= 0.3 is 0 Å². The molecule has 0 spiro atoms. The minimum atomic E-state index is -0.980. The summed E-state index contributed by atoms with van der Waals surface area (Å²) in [4.78, 5) is 13.9. The van der Waals surface area contributed by atoms with Gasteiger partial charge in [-0.2, -0.15) is 0 Å². The Morgan fingerprint density at radius 2 is 1.94 bits per heavy atom. The molecule has 1 N–H and O–H groups in total. The summed E-state index contributed by atoms with van der Waals surface area (Å²) in [6.07, 6.45) is 0.867. The van der Waals surface area contributed by atoms with Crippen LogP contribution in [0.1, 0.15) is 16.8 Å². The summed E-state index contributed by atoms with van der Waals surface area (Å²) in [5.41, 5.74) is 0.233. The second-order valence-electron chi connectivity index (χ2n) is 4.14. The van der Waals surface area contributed by atoms with Crippen molar-refractivity contribution in [3.8, 4) is 0 Å². The van der Waals surface area contributed by atoms with E-state index < -0.39 is 11.6 Å². The third kappa shape index (κ3) is 2.97. The van der Waals surface area contributed by atoms with Gasteiger partial charge in [0.1, 0.15) is 0 Å². The summed E-state index contributed by atoms with van der Waals surface area (Å²) in [6.45, 7) is 2.83. The molecule has 0 radical (unpaired) electrons. The van der Waals surface area contributed by atoms with E-state index in [2.05, 4.69) is 5.32 Å². The lowest BCUT2D eigenvalue weighted by molar-refractivity contribution is 0.0764. The number of halogens is 3. The Hall–Kier alpha value is -0.760. The topological polar surface area (TPSA) is 32.3 Å². The van der Waals surface area contributed by atoms with Gasteiger partial charge < -0.3 is 10.2 Å². The van der Waals surface area contributed by atoms with Gasteiger partial charge in [0.15, 0.2) is 11.6 Å². The molecule has 2 rings (SSSR count). The number of hydrogen-bond acceptors (Lipinski definition) is 2. The van der Waals surface area contributed by atoms with Crippen molar-refractivity contribution in [1.82, 2.24) is 10.2 Å². The highest BCUT2D eigenvalue weighted by molar-refractivity contribution is 14.1. The molecular formula is C12H13F2IN2O. The average molecular weight is 366 g/mol. The zero-order valence-corrected chi connectivity index (χ0v) is 11.8. The van der Waals surface area contributed by atoms with Crippen LogP contribution in [0, 0.1) is 15.2 Å². The molecule has 18 heavy (non-hydrogen) atoms. The Morgan fingerprint density at radius 3 is 2.72 bits per heavy atom. The predicted octanol–water partition coefficient (Wildman–Crippen LogP) is 2.00. The summed E-state index contributed by atoms with van der Waals surface area (Å²) < 4.78 is 26.7. The lowest BCUT2D eigenvalue weighted by Gasteiger charge is -2.20. The van der Waals surface area contributed by atoms with Gasteiger partial charge in [-0.3, -0.25) is 4.79 Å². The summed E-state index contributed by atoms with van der Waals surface area (Å²) >= 11 is 1.85. The molecule has 6 heteroatoms. The largest absolute Gasteiger partial charge is 0.337 e. The smallest absolute Gasteiger partial charge is 0.255 e. The zero-order chi connectivity index (χ0) is 13.1. The number of nitrogens with zero attached hydrogens (tertiary/aromatic N) is 1. The van der Waals surface area contributed by atoms with E-state index in [0.29, 0.717) is 16.7 Å². The molecule has 1 aromatic carbocycles. The fourth-order valence-corrected chi connectivity index (χ4v) is 2.57. The second-order valence-corrected chi connectivity index (χ2v) is 5.30. The first-order valence-corrected chi connectivity index (χ1v) is 6.82. The van der Waals surface area contributed by atoms with E-state index in [1.807, 2.05) is 22.6 Å². The van der Waals surface area contributed by atoms with Gasteiger partial charge in [0.2, 0.25) is 0 Å². The Labute approximate surface area is 118 Å². The molecule has 0 aromatic heterocycles. The van der Waals surface area contributed by atoms with Crippen molar-refractivity contribution in [2.24, 2.45) is 0 Å². The molecule has 98 valence electrons. The summed E-state index contributed by atoms with van der Waals surface area (Å²) in [6, 6.07) is 2.04. The van der Waals surface area contributed by atoms with Crippen LogP contribution in [0.3, 0.4) is 0 Å². The third-order valence-corrected chi connectivity index (χ3v) is 3.76. The van der Waals surface area contributed by atoms with Gasteiger partial charge in [-0.1, -0.05) is 0 Å². The van der Waals surface area contributed by atoms with Crippen LogP contribution in [0.25, 0.3) is 0 Å². The van der Waals surface area contributed by atoms with Crippen molar-refractivity contribution in [3.05, 3.63) is 32.9 Å². The molecule has 0 atom stereocenters. The molecule has 0 unspecified atom stereocenters. The molecule has 1 fully saturated rings. The molecule has 1 amide bonds. The highest BCUT2D eigenvalue weighted by Crippen LogP contribution is 2.19. The van der Waals surface area contributed by atoms with Crippen molar-refractivity contribution in [2.75, 3.05) is 26.2 Å². The van der Waals surface area contributed by atoms with Crippen LogP contribution >= 0.6 is 22.6 Å². The SMILES string of the molecule is O=C(c1cc(F)c(F)cc1I)N1CCCNCC1. The number of carbonyl (C=O) groups excluding carboxylic acids is 1. The first-order chi connectivity index (χ1) is 8.59. The number of amides is 1. The van der Waals surface area contributed by atoms with E-state index in [0.717, 1.165) is 31.6 Å². The molecule has 1 aromatic rings. The number of benzene rings is 1. The second kappa shape index (κ2) is 5.92. The van der Waals surface area contributed by atoms with Crippen molar-refractivity contribution in [1.29, 1.82) is 0 Å². The Bertz CT molecular complexity index is 460. The van der Waals surface area contributed by atoms with E-state index in [-0.39, 0.29) is 11.5 Å². The molecule has 0 bridgehead atoms. The maximum Gasteiger partial charge on any atom is 0.255 e. The molecule has 1 saturated heterocycles. The average Bonchev–Trinajstić information content (AvgIpc) is 2.61. The Morgan fingerprint density at radius 1 is 1.22 bits per heavy atom. The van der Waals surface area contributed by atoms with Crippen LogP contribution < -0.4 is 5.32 Å². The molecule has 0 saturated carbocycles. The number of carbonyl (C=O) groups is 1. The van der Waals surface area contributed by atoms with E-state index in [9.17, 15) is 13.6 Å². The van der Waals surface area contributed by atoms with Crippen LogP contribution in [-0.2, 0) is 0 Å². The van der Waals surface area contributed by atoms with Crippen LogP contribution in [0.15, 0.2) is 12.1 Å². The monoisotopic (exact) mass is 366 g/mol. The maximum absolute atomic E-state index is 13.2. The van der Waals surface area contributed by atoms with E-state index in [1.165, 1.54) is 0 Å². The zero-order valence-electron chi connectivity index (χ0n) is 9.68. The normalized spacial score (nSPS) is 16.5. The maximum atomic E-state index is 13.2. The molecule has 3 nitrogen and oxygen atoms in total. The summed E-state index contributed by atoms with van der Waals surface area (Å²) in [5, 5.41) is 3.19. The van der Waals surface area contributed by atoms with Crippen LogP contribution in [0.5, 0.6) is 0 Å². The lowest BCUT2D eigenvalue weighted by Crippen LogP contribution is -2.34. The minimum absolute atomic E-state index is 0.233. The van der Waals surface area contributed by atoms with Crippen LogP contribution in [0.2, 0.25) is 0 Å². The van der Waals surface area contributed by atoms with E-state index in [1.54, 1.807) is 4.90 Å². The molecule has 1 aliphatic rings. The Balaban J connectivity index is 2.24. The number of hydrogen-bond donors (Lipinski definition) is 1. The molecular weight excluding hydrogens is 353 g/mol. The predicted molar refractivity (Wildman–Crippen MR) is 72.5 cm³/mol. The highest BCUT2D eigenvalue weighted by atomic mass is 127. The van der Waals surface area contributed by atoms with E-state index >= 15 is 0 Å². The number of nitrogens with one attached hydrogen (secondary N) is 1. The fourth-order valence-electron chi connectivity index (χ4n) is 1.91. The molecule has 0 aliphatic carbocycles. The van der Waals surface area contributed by atoms with E-state index in [4.69, 9.17) is 0 Å². The van der Waals surface area contributed by atoms with Crippen LogP contribution in [0.4, 0.5) is 8.78 Å². The standard InChI is InChI=1S/C12H13F2IN2O/c13-9-6-8(11(15)7-10(9)14)12(18)17-4-1-2-16-3-5-17/h6-7,16H,1-5H2. The lowest BCUT2D eigenvalue weighted by atomic mass is 10.2. The van der Waals surface area contributed by atoms with Crippen LogP contribution in [-0.4, -0.2) is 37.0 Å². The van der Waals surface area contributed by atoms with Gasteiger partial charge in [0.25, 0.3) is 5.91 Å². The summed E-state index contributed by atoms with van der Waals surface area (Å²) in [5.74, 6) is -2.14. The quantitative estimate of drug-likeness (QED) is 0.609. The van der Waals surface area contributed by atoms with Crippen molar-refractivity contribution in [2.45, 2.75) is 6.42 Å². The minimum Gasteiger partial charge on any atom is -0.337 e. The van der Waals surface area contributed by atoms with Crippen molar-refractivity contribution in [3.63, 3.8) is 0 Å². The number of rotatable bonds is 1. The third-order valence-electron chi connectivity index (χ3n) is 2.87. The van der Waals surface area contributed by atoms with Crippen molar-refractivity contribution < 1.29 is 13.6 Å². The van der Waals surface area contributed by atoms with Gasteiger partial charge in [-0.25, -0.2) is 8.78 Å².